The highest BCUT2D eigenvalue weighted by Crippen LogP contribution is 2.39. The molecule has 0 amide bonds. The zero-order chi connectivity index (χ0) is 12.7. The monoisotopic (exact) mass is 243 g/mol. The van der Waals surface area contributed by atoms with Gasteiger partial charge in [-0.15, -0.1) is 0 Å². The minimum absolute atomic E-state index is 0.987. The van der Waals surface area contributed by atoms with Crippen molar-refractivity contribution in [3.05, 3.63) is 78.1 Å². The van der Waals surface area contributed by atoms with Crippen molar-refractivity contribution in [2.45, 2.75) is 6.42 Å². The maximum absolute atomic E-state index is 4.31. The third-order valence-electron chi connectivity index (χ3n) is 3.82. The van der Waals surface area contributed by atoms with Crippen molar-refractivity contribution in [1.82, 2.24) is 4.98 Å². The summed E-state index contributed by atoms with van der Waals surface area (Å²) in [6.07, 6.45) is 4.85. The van der Waals surface area contributed by atoms with Gasteiger partial charge in [-0.3, -0.25) is 4.98 Å². The molecule has 0 unspecified atom stereocenters. The van der Waals surface area contributed by atoms with Gasteiger partial charge in [-0.1, -0.05) is 48.5 Å². The van der Waals surface area contributed by atoms with Gasteiger partial charge in [-0.2, -0.15) is 0 Å². The van der Waals surface area contributed by atoms with E-state index in [2.05, 4.69) is 59.6 Å². The Bertz CT molecular complexity index is 694. The fourth-order valence-corrected chi connectivity index (χ4v) is 2.92. The van der Waals surface area contributed by atoms with E-state index in [1.807, 2.05) is 12.4 Å². The highest BCUT2D eigenvalue weighted by molar-refractivity contribution is 5.87. The molecule has 0 spiro atoms. The Morgan fingerprint density at radius 3 is 2.00 bits per heavy atom. The molecule has 90 valence electrons. The lowest BCUT2D eigenvalue weighted by atomic mass is 9.97. The number of nitrogens with zero attached hydrogens (tertiary/aromatic N) is 1. The third kappa shape index (κ3) is 1.59. The van der Waals surface area contributed by atoms with Crippen molar-refractivity contribution in [3.63, 3.8) is 0 Å². The molecule has 0 radical (unpaired) electrons. The summed E-state index contributed by atoms with van der Waals surface area (Å²) in [7, 11) is 0. The molecule has 2 aromatic carbocycles. The Balaban J connectivity index is 2.13. The van der Waals surface area contributed by atoms with Gasteiger partial charge in [-0.25, -0.2) is 0 Å². The standard InChI is InChI=1S/C18H13N/c1-3-7-15-13(5-1)11-14-6-2-4-8-16(14)18-12-19-10-9-17(15)18/h1-10,12H,11H2. The molecule has 1 aliphatic carbocycles. The molecule has 1 aliphatic rings. The quantitative estimate of drug-likeness (QED) is 0.448. The smallest absolute Gasteiger partial charge is 0.0352 e. The first kappa shape index (κ1) is 10.5. The van der Waals surface area contributed by atoms with E-state index < -0.39 is 0 Å². The van der Waals surface area contributed by atoms with Crippen molar-refractivity contribution >= 4 is 0 Å². The molecular formula is C18H13N. The molecule has 4 rings (SSSR count). The summed E-state index contributed by atoms with van der Waals surface area (Å²) in [5, 5.41) is 0. The van der Waals surface area contributed by atoms with E-state index in [1.165, 1.54) is 33.4 Å². The second-order valence-electron chi connectivity index (χ2n) is 4.91. The summed E-state index contributed by atoms with van der Waals surface area (Å²) >= 11 is 0. The summed E-state index contributed by atoms with van der Waals surface area (Å²) in [6.45, 7) is 0. The molecule has 0 aliphatic heterocycles. The van der Waals surface area contributed by atoms with Gasteiger partial charge < -0.3 is 0 Å². The van der Waals surface area contributed by atoms with Crippen molar-refractivity contribution < 1.29 is 0 Å². The van der Waals surface area contributed by atoms with Crippen molar-refractivity contribution in [1.29, 1.82) is 0 Å². The Hall–Kier alpha value is -2.41. The number of benzene rings is 2. The Morgan fingerprint density at radius 1 is 0.632 bits per heavy atom. The molecule has 0 saturated carbocycles. The fraction of sp³-hybridized carbons (Fsp3) is 0.0556. The van der Waals surface area contributed by atoms with Crippen molar-refractivity contribution in [3.8, 4) is 22.3 Å². The SMILES string of the molecule is c1ccc2c(c1)Cc1ccccc1-c1cnccc1-2. The first-order valence-electron chi connectivity index (χ1n) is 6.54. The predicted molar refractivity (Wildman–Crippen MR) is 77.9 cm³/mol. The van der Waals surface area contributed by atoms with E-state index in [0.29, 0.717) is 0 Å². The van der Waals surface area contributed by atoms with Crippen LogP contribution in [0.1, 0.15) is 11.1 Å². The van der Waals surface area contributed by atoms with E-state index in [1.54, 1.807) is 0 Å². The van der Waals surface area contributed by atoms with Crippen LogP contribution in [0.25, 0.3) is 22.3 Å². The molecule has 1 aromatic heterocycles. The van der Waals surface area contributed by atoms with E-state index in [9.17, 15) is 0 Å². The summed E-state index contributed by atoms with van der Waals surface area (Å²) < 4.78 is 0. The molecule has 19 heavy (non-hydrogen) atoms. The minimum atomic E-state index is 0.987. The van der Waals surface area contributed by atoms with Gasteiger partial charge in [0, 0.05) is 18.0 Å². The third-order valence-corrected chi connectivity index (χ3v) is 3.82. The van der Waals surface area contributed by atoms with Gasteiger partial charge >= 0.3 is 0 Å². The minimum Gasteiger partial charge on any atom is -0.264 e. The van der Waals surface area contributed by atoms with Crippen LogP contribution in [0.15, 0.2) is 67.0 Å². The summed E-state index contributed by atoms with van der Waals surface area (Å²) in [5.41, 5.74) is 7.93. The van der Waals surface area contributed by atoms with E-state index in [4.69, 9.17) is 0 Å². The number of fused-ring (bicyclic) bond motifs is 5. The lowest BCUT2D eigenvalue weighted by molar-refractivity contribution is 1.21. The zero-order valence-electron chi connectivity index (χ0n) is 10.5. The van der Waals surface area contributed by atoms with Crippen LogP contribution in [-0.4, -0.2) is 4.98 Å². The Kier molecular flexibility index (Phi) is 2.25. The van der Waals surface area contributed by atoms with Crippen LogP contribution in [0.5, 0.6) is 0 Å². The Morgan fingerprint density at radius 2 is 1.26 bits per heavy atom. The fourth-order valence-electron chi connectivity index (χ4n) is 2.92. The van der Waals surface area contributed by atoms with Crippen LogP contribution in [0.2, 0.25) is 0 Å². The average Bonchev–Trinajstić information content (AvgIpc) is 2.62. The molecular weight excluding hydrogens is 230 g/mol. The first-order chi connectivity index (χ1) is 9.43. The number of hydrogen-bond acceptors (Lipinski definition) is 1. The molecule has 0 bridgehead atoms. The molecule has 1 nitrogen and oxygen atoms in total. The number of pyridine rings is 1. The summed E-state index contributed by atoms with van der Waals surface area (Å²) in [6, 6.07) is 19.4. The number of aromatic nitrogens is 1. The first-order valence-corrected chi connectivity index (χ1v) is 6.54. The van der Waals surface area contributed by atoms with Gasteiger partial charge in [0.2, 0.25) is 0 Å². The van der Waals surface area contributed by atoms with Crippen molar-refractivity contribution in [2.24, 2.45) is 0 Å². The van der Waals surface area contributed by atoms with Crippen LogP contribution in [0.4, 0.5) is 0 Å². The van der Waals surface area contributed by atoms with Crippen LogP contribution in [0, 0.1) is 0 Å². The predicted octanol–water partition coefficient (Wildman–Crippen LogP) is 4.32. The summed E-state index contributed by atoms with van der Waals surface area (Å²) in [5.74, 6) is 0. The summed E-state index contributed by atoms with van der Waals surface area (Å²) in [4.78, 5) is 4.31. The topological polar surface area (TPSA) is 12.9 Å². The number of hydrogen-bond donors (Lipinski definition) is 0. The normalized spacial score (nSPS) is 12.0. The Labute approximate surface area is 112 Å². The van der Waals surface area contributed by atoms with Gasteiger partial charge in [0.05, 0.1) is 0 Å². The van der Waals surface area contributed by atoms with E-state index >= 15 is 0 Å². The van der Waals surface area contributed by atoms with Crippen molar-refractivity contribution in [2.75, 3.05) is 0 Å². The second-order valence-corrected chi connectivity index (χ2v) is 4.91. The van der Waals surface area contributed by atoms with Gasteiger partial charge in [0.1, 0.15) is 0 Å². The molecule has 3 aromatic rings. The van der Waals surface area contributed by atoms with Crippen LogP contribution in [-0.2, 0) is 6.42 Å². The van der Waals surface area contributed by atoms with Crippen LogP contribution in [0.3, 0.4) is 0 Å². The number of rotatable bonds is 0. The lowest BCUT2D eigenvalue weighted by Crippen LogP contribution is -1.89. The maximum Gasteiger partial charge on any atom is 0.0352 e. The van der Waals surface area contributed by atoms with Gasteiger partial charge in [-0.05, 0) is 40.3 Å². The van der Waals surface area contributed by atoms with Crippen LogP contribution >= 0.6 is 0 Å². The van der Waals surface area contributed by atoms with E-state index in [0.717, 1.165) is 6.42 Å². The maximum atomic E-state index is 4.31. The van der Waals surface area contributed by atoms with Gasteiger partial charge in [0.15, 0.2) is 0 Å². The highest BCUT2D eigenvalue weighted by Gasteiger charge is 2.17. The average molecular weight is 243 g/mol. The van der Waals surface area contributed by atoms with Gasteiger partial charge in [0.25, 0.3) is 0 Å². The molecule has 1 heteroatoms. The largest absolute Gasteiger partial charge is 0.264 e. The molecule has 1 heterocycles. The highest BCUT2D eigenvalue weighted by atomic mass is 14.6. The lowest BCUT2D eigenvalue weighted by Gasteiger charge is -2.08. The molecule has 0 atom stereocenters. The molecule has 0 saturated heterocycles. The second kappa shape index (κ2) is 4.06. The van der Waals surface area contributed by atoms with E-state index in [-0.39, 0.29) is 0 Å². The zero-order valence-corrected chi connectivity index (χ0v) is 10.5. The molecule has 0 N–H and O–H groups in total. The molecule has 0 fully saturated rings. The van der Waals surface area contributed by atoms with Crippen LogP contribution < -0.4 is 0 Å².